The molecule has 0 aromatic heterocycles. The van der Waals surface area contributed by atoms with Crippen molar-refractivity contribution in [2.45, 2.75) is 33.8 Å². The van der Waals surface area contributed by atoms with Gasteiger partial charge < -0.3 is 15.0 Å². The molecule has 0 aromatic rings. The highest BCUT2D eigenvalue weighted by molar-refractivity contribution is 7.89. The fourth-order valence-electron chi connectivity index (χ4n) is 2.32. The normalized spacial score (nSPS) is 18.0. The molecular weight excluding hydrogens is 316 g/mol. The zero-order chi connectivity index (χ0) is 17.5. The van der Waals surface area contributed by atoms with E-state index in [9.17, 15) is 8.42 Å². The van der Waals surface area contributed by atoms with Crippen molar-refractivity contribution in [2.24, 2.45) is 10.9 Å². The molecule has 0 atom stereocenters. The van der Waals surface area contributed by atoms with Crippen LogP contribution in [-0.4, -0.2) is 81.8 Å². The van der Waals surface area contributed by atoms with E-state index in [4.69, 9.17) is 4.74 Å². The lowest BCUT2D eigenvalue weighted by Crippen LogP contribution is -2.54. The van der Waals surface area contributed by atoms with E-state index in [2.05, 4.69) is 29.1 Å². The first-order valence-electron chi connectivity index (χ1n) is 8.31. The second-order valence-corrected chi connectivity index (χ2v) is 8.53. The second-order valence-electron chi connectivity index (χ2n) is 6.44. The maximum absolute atomic E-state index is 12.3. The molecule has 1 heterocycles. The molecular formula is C15H32N4O3S. The molecule has 23 heavy (non-hydrogen) atoms. The molecule has 0 aromatic carbocycles. The SMILES string of the molecule is CN=C(NCC(C)C)N1CCN(S(=O)(=O)CCOC(C)C)CC1. The predicted octanol–water partition coefficient (Wildman–Crippen LogP) is 0.590. The van der Waals surface area contributed by atoms with E-state index in [0.717, 1.165) is 12.5 Å². The first-order chi connectivity index (χ1) is 10.8. The molecule has 0 bridgehead atoms. The molecule has 0 unspecified atom stereocenters. The number of nitrogens with zero attached hydrogens (tertiary/aromatic N) is 3. The predicted molar refractivity (Wildman–Crippen MR) is 94.2 cm³/mol. The Morgan fingerprint density at radius 1 is 1.17 bits per heavy atom. The zero-order valence-corrected chi connectivity index (χ0v) is 15.9. The lowest BCUT2D eigenvalue weighted by atomic mass is 10.2. The maximum Gasteiger partial charge on any atom is 0.216 e. The number of rotatable bonds is 7. The number of sulfonamides is 1. The monoisotopic (exact) mass is 348 g/mol. The van der Waals surface area contributed by atoms with Crippen molar-refractivity contribution in [3.8, 4) is 0 Å². The maximum atomic E-state index is 12.3. The molecule has 1 aliphatic heterocycles. The number of hydrogen-bond acceptors (Lipinski definition) is 4. The third-order valence-corrected chi connectivity index (χ3v) is 5.44. The van der Waals surface area contributed by atoms with E-state index < -0.39 is 10.0 Å². The molecule has 1 rings (SSSR count). The first kappa shape index (κ1) is 20.2. The molecule has 0 spiro atoms. The molecule has 0 aliphatic carbocycles. The van der Waals surface area contributed by atoms with Crippen molar-refractivity contribution < 1.29 is 13.2 Å². The van der Waals surface area contributed by atoms with Gasteiger partial charge in [-0.25, -0.2) is 8.42 Å². The Morgan fingerprint density at radius 2 is 1.78 bits per heavy atom. The summed E-state index contributed by atoms with van der Waals surface area (Å²) in [4.78, 5) is 6.39. The average molecular weight is 349 g/mol. The fraction of sp³-hybridized carbons (Fsp3) is 0.933. The van der Waals surface area contributed by atoms with Crippen molar-refractivity contribution in [1.29, 1.82) is 0 Å². The van der Waals surface area contributed by atoms with Crippen LogP contribution in [0.3, 0.4) is 0 Å². The highest BCUT2D eigenvalue weighted by atomic mass is 32.2. The fourth-order valence-corrected chi connectivity index (χ4v) is 3.61. The quantitative estimate of drug-likeness (QED) is 0.538. The molecule has 7 nitrogen and oxygen atoms in total. The lowest BCUT2D eigenvalue weighted by Gasteiger charge is -2.36. The van der Waals surface area contributed by atoms with Gasteiger partial charge in [0.25, 0.3) is 0 Å². The Balaban J connectivity index is 2.47. The van der Waals surface area contributed by atoms with Gasteiger partial charge in [0.2, 0.25) is 10.0 Å². The van der Waals surface area contributed by atoms with E-state index in [0.29, 0.717) is 32.1 Å². The second kappa shape index (κ2) is 9.44. The van der Waals surface area contributed by atoms with Crippen molar-refractivity contribution >= 4 is 16.0 Å². The van der Waals surface area contributed by atoms with Gasteiger partial charge in [-0.15, -0.1) is 0 Å². The van der Waals surface area contributed by atoms with Gasteiger partial charge in [0.1, 0.15) is 0 Å². The third-order valence-electron chi connectivity index (χ3n) is 3.60. The van der Waals surface area contributed by atoms with Crippen LogP contribution in [0.5, 0.6) is 0 Å². The Kier molecular flexibility index (Phi) is 8.28. The zero-order valence-electron chi connectivity index (χ0n) is 15.1. The number of aliphatic imine (C=N–C) groups is 1. The van der Waals surface area contributed by atoms with Crippen LogP contribution in [0.25, 0.3) is 0 Å². The molecule has 1 aliphatic rings. The standard InChI is InChI=1S/C15H32N4O3S/c1-13(2)12-17-15(16-5)18-6-8-19(9-7-18)23(20,21)11-10-22-14(3)4/h13-14H,6-12H2,1-5H3,(H,16,17). The summed E-state index contributed by atoms with van der Waals surface area (Å²) < 4.78 is 31.5. The highest BCUT2D eigenvalue weighted by Gasteiger charge is 2.27. The molecule has 8 heteroatoms. The van der Waals surface area contributed by atoms with Gasteiger partial charge in [-0.3, -0.25) is 4.99 Å². The third kappa shape index (κ3) is 7.05. The number of guanidine groups is 1. The van der Waals surface area contributed by atoms with Gasteiger partial charge in [-0.05, 0) is 19.8 Å². The minimum atomic E-state index is -3.24. The van der Waals surface area contributed by atoms with Gasteiger partial charge in [-0.2, -0.15) is 4.31 Å². The smallest absolute Gasteiger partial charge is 0.216 e. The molecule has 1 saturated heterocycles. The van der Waals surface area contributed by atoms with E-state index in [1.807, 2.05) is 13.8 Å². The Morgan fingerprint density at radius 3 is 2.26 bits per heavy atom. The van der Waals surface area contributed by atoms with Crippen molar-refractivity contribution in [3.05, 3.63) is 0 Å². The summed E-state index contributed by atoms with van der Waals surface area (Å²) in [5.41, 5.74) is 0. The average Bonchev–Trinajstić information content (AvgIpc) is 2.47. The number of nitrogens with one attached hydrogen (secondary N) is 1. The molecule has 0 saturated carbocycles. The van der Waals surface area contributed by atoms with E-state index in [1.165, 1.54) is 0 Å². The van der Waals surface area contributed by atoms with Crippen molar-refractivity contribution in [3.63, 3.8) is 0 Å². The van der Waals surface area contributed by atoms with Crippen LogP contribution in [0.15, 0.2) is 4.99 Å². The van der Waals surface area contributed by atoms with E-state index >= 15 is 0 Å². The summed E-state index contributed by atoms with van der Waals surface area (Å²) >= 11 is 0. The van der Waals surface area contributed by atoms with Gasteiger partial charge in [0, 0.05) is 39.8 Å². The molecule has 1 fully saturated rings. The number of ether oxygens (including phenoxy) is 1. The highest BCUT2D eigenvalue weighted by Crippen LogP contribution is 2.09. The minimum absolute atomic E-state index is 0.0471. The van der Waals surface area contributed by atoms with Crippen LogP contribution < -0.4 is 5.32 Å². The molecule has 0 radical (unpaired) electrons. The van der Waals surface area contributed by atoms with E-state index in [-0.39, 0.29) is 18.5 Å². The van der Waals surface area contributed by atoms with Crippen LogP contribution in [0, 0.1) is 5.92 Å². The summed E-state index contributed by atoms with van der Waals surface area (Å²) in [5, 5.41) is 3.33. The topological polar surface area (TPSA) is 74.2 Å². The lowest BCUT2D eigenvalue weighted by molar-refractivity contribution is 0.0904. The minimum Gasteiger partial charge on any atom is -0.378 e. The van der Waals surface area contributed by atoms with Gasteiger partial charge in [0.05, 0.1) is 18.5 Å². The molecule has 0 amide bonds. The Bertz CT molecular complexity index is 469. The largest absolute Gasteiger partial charge is 0.378 e. The van der Waals surface area contributed by atoms with E-state index in [1.54, 1.807) is 11.4 Å². The summed E-state index contributed by atoms with van der Waals surface area (Å²) in [6.07, 6.45) is 0.0532. The van der Waals surface area contributed by atoms with Crippen LogP contribution >= 0.6 is 0 Å². The summed E-state index contributed by atoms with van der Waals surface area (Å²) in [7, 11) is -1.48. The first-order valence-corrected chi connectivity index (χ1v) is 9.92. The van der Waals surface area contributed by atoms with Crippen LogP contribution in [0.4, 0.5) is 0 Å². The van der Waals surface area contributed by atoms with Gasteiger partial charge in [-0.1, -0.05) is 13.8 Å². The summed E-state index contributed by atoms with van der Waals surface area (Å²) in [6, 6.07) is 0. The summed E-state index contributed by atoms with van der Waals surface area (Å²) in [5.74, 6) is 1.43. The Hall–Kier alpha value is -0.860. The van der Waals surface area contributed by atoms with Gasteiger partial charge >= 0.3 is 0 Å². The van der Waals surface area contributed by atoms with Crippen LogP contribution in [0.1, 0.15) is 27.7 Å². The number of hydrogen-bond donors (Lipinski definition) is 1. The van der Waals surface area contributed by atoms with Crippen LogP contribution in [-0.2, 0) is 14.8 Å². The van der Waals surface area contributed by atoms with Crippen molar-refractivity contribution in [1.82, 2.24) is 14.5 Å². The summed E-state index contributed by atoms with van der Waals surface area (Å²) in [6.45, 7) is 11.5. The van der Waals surface area contributed by atoms with Crippen LogP contribution in [0.2, 0.25) is 0 Å². The van der Waals surface area contributed by atoms with Crippen molar-refractivity contribution in [2.75, 3.05) is 52.1 Å². The number of piperazine rings is 1. The Labute approximate surface area is 141 Å². The molecule has 1 N–H and O–H groups in total. The molecule has 136 valence electrons. The van der Waals surface area contributed by atoms with Gasteiger partial charge in [0.15, 0.2) is 5.96 Å².